The summed E-state index contributed by atoms with van der Waals surface area (Å²) in [6, 6.07) is 7.38. The Labute approximate surface area is 120 Å². The Kier molecular flexibility index (Phi) is 4.34. The van der Waals surface area contributed by atoms with Gasteiger partial charge in [-0.1, -0.05) is 12.1 Å². The molecule has 0 bridgehead atoms. The molecule has 0 aromatic heterocycles. The van der Waals surface area contributed by atoms with E-state index >= 15 is 0 Å². The highest BCUT2D eigenvalue weighted by Crippen LogP contribution is 2.19. The Hall–Kier alpha value is -1.86. The third kappa shape index (κ3) is 3.62. The van der Waals surface area contributed by atoms with Crippen molar-refractivity contribution in [3.05, 3.63) is 65.5 Å². The van der Waals surface area contributed by atoms with Crippen molar-refractivity contribution in [3.8, 4) is 0 Å². The summed E-state index contributed by atoms with van der Waals surface area (Å²) in [5.74, 6) is -2.37. The maximum Gasteiger partial charge on any atom is 0.243 e. The minimum absolute atomic E-state index is 0.0409. The Morgan fingerprint density at radius 1 is 0.905 bits per heavy atom. The third-order valence-corrected chi connectivity index (χ3v) is 4.64. The number of nitrogens with zero attached hydrogens (tertiary/aromatic N) is 1. The minimum atomic E-state index is -4.03. The van der Waals surface area contributed by atoms with Crippen molar-refractivity contribution in [1.82, 2.24) is 4.31 Å². The summed E-state index contributed by atoms with van der Waals surface area (Å²) in [6.07, 6.45) is 0. The van der Waals surface area contributed by atoms with Crippen molar-refractivity contribution in [2.24, 2.45) is 0 Å². The van der Waals surface area contributed by atoms with Crippen LogP contribution in [0.25, 0.3) is 0 Å². The number of hydrogen-bond acceptors (Lipinski definition) is 2. The molecule has 0 aliphatic heterocycles. The molecule has 0 radical (unpaired) electrons. The van der Waals surface area contributed by atoms with Crippen molar-refractivity contribution in [3.63, 3.8) is 0 Å². The van der Waals surface area contributed by atoms with Gasteiger partial charge in [-0.05, 0) is 29.8 Å². The summed E-state index contributed by atoms with van der Waals surface area (Å²) in [5.41, 5.74) is 0.555. The van der Waals surface area contributed by atoms with Crippen LogP contribution in [0.4, 0.5) is 13.2 Å². The lowest BCUT2D eigenvalue weighted by atomic mass is 10.2. The highest BCUT2D eigenvalue weighted by atomic mass is 32.2. The zero-order valence-corrected chi connectivity index (χ0v) is 11.9. The van der Waals surface area contributed by atoms with E-state index in [9.17, 15) is 21.6 Å². The van der Waals surface area contributed by atoms with Crippen molar-refractivity contribution in [2.45, 2.75) is 11.4 Å². The Morgan fingerprint density at radius 3 is 1.95 bits per heavy atom. The Morgan fingerprint density at radius 2 is 1.43 bits per heavy atom. The van der Waals surface area contributed by atoms with E-state index in [0.717, 1.165) is 16.4 Å². The molecule has 0 aliphatic carbocycles. The average Bonchev–Trinajstić information content (AvgIpc) is 2.40. The normalized spacial score (nSPS) is 11.9. The van der Waals surface area contributed by atoms with Crippen molar-refractivity contribution in [1.29, 1.82) is 0 Å². The number of halogens is 3. The monoisotopic (exact) mass is 315 g/mol. The van der Waals surface area contributed by atoms with E-state index in [-0.39, 0.29) is 6.54 Å². The fourth-order valence-electron chi connectivity index (χ4n) is 1.79. The smallest absolute Gasteiger partial charge is 0.207 e. The van der Waals surface area contributed by atoms with Crippen molar-refractivity contribution >= 4 is 10.0 Å². The maximum absolute atomic E-state index is 13.1. The maximum atomic E-state index is 13.1. The molecule has 0 saturated carbocycles. The Balaban J connectivity index is 2.28. The summed E-state index contributed by atoms with van der Waals surface area (Å²) < 4.78 is 64.4. The Bertz CT molecular complexity index is 725. The van der Waals surface area contributed by atoms with Crippen LogP contribution in [0.1, 0.15) is 5.56 Å². The van der Waals surface area contributed by atoms with Gasteiger partial charge in [0.05, 0.1) is 4.90 Å². The number of rotatable bonds is 4. The van der Waals surface area contributed by atoms with Crippen LogP contribution in [0.15, 0.2) is 47.4 Å². The van der Waals surface area contributed by atoms with Crippen LogP contribution < -0.4 is 0 Å². The van der Waals surface area contributed by atoms with Crippen LogP contribution in [-0.4, -0.2) is 19.8 Å². The topological polar surface area (TPSA) is 37.4 Å². The van der Waals surface area contributed by atoms with Crippen LogP contribution in [0.3, 0.4) is 0 Å². The first-order chi connectivity index (χ1) is 9.79. The number of hydrogen-bond donors (Lipinski definition) is 0. The van der Waals surface area contributed by atoms with Gasteiger partial charge in [0.1, 0.15) is 17.5 Å². The molecule has 0 aliphatic rings. The van der Waals surface area contributed by atoms with Crippen LogP contribution in [-0.2, 0) is 16.6 Å². The molecule has 21 heavy (non-hydrogen) atoms. The van der Waals surface area contributed by atoms with Crippen molar-refractivity contribution < 1.29 is 21.6 Å². The first-order valence-electron chi connectivity index (χ1n) is 5.96. The third-order valence-electron chi connectivity index (χ3n) is 2.86. The summed E-state index contributed by atoms with van der Waals surface area (Å²) in [5, 5.41) is 0. The number of sulfonamides is 1. The molecule has 0 saturated heterocycles. The number of benzene rings is 2. The highest BCUT2D eigenvalue weighted by molar-refractivity contribution is 7.89. The average molecular weight is 315 g/mol. The SMILES string of the molecule is CN(Cc1ccc(F)cc1)S(=O)(=O)c1cc(F)cc(F)c1. The van der Waals surface area contributed by atoms with Gasteiger partial charge in [-0.3, -0.25) is 0 Å². The lowest BCUT2D eigenvalue weighted by Gasteiger charge is -2.17. The van der Waals surface area contributed by atoms with E-state index in [1.54, 1.807) is 0 Å². The fourth-order valence-corrected chi connectivity index (χ4v) is 2.99. The summed E-state index contributed by atoms with van der Waals surface area (Å²) in [6.45, 7) is -0.0409. The molecule has 0 unspecified atom stereocenters. The van der Waals surface area contributed by atoms with Gasteiger partial charge in [0, 0.05) is 19.7 Å². The van der Waals surface area contributed by atoms with E-state index in [0.29, 0.717) is 11.6 Å². The van der Waals surface area contributed by atoms with Gasteiger partial charge in [0.25, 0.3) is 0 Å². The van der Waals surface area contributed by atoms with E-state index in [1.165, 1.54) is 31.3 Å². The molecule has 0 heterocycles. The molecule has 0 atom stereocenters. The van der Waals surface area contributed by atoms with E-state index in [2.05, 4.69) is 0 Å². The zero-order chi connectivity index (χ0) is 15.6. The zero-order valence-electron chi connectivity index (χ0n) is 11.1. The van der Waals surface area contributed by atoms with Gasteiger partial charge < -0.3 is 0 Å². The molecule has 3 nitrogen and oxygen atoms in total. The second-order valence-electron chi connectivity index (χ2n) is 4.49. The molecule has 2 aromatic rings. The molecule has 0 N–H and O–H groups in total. The standard InChI is InChI=1S/C14H12F3NO2S/c1-18(9-10-2-4-11(15)5-3-10)21(19,20)14-7-12(16)6-13(17)8-14/h2-8H,9H2,1H3. The molecular weight excluding hydrogens is 303 g/mol. The van der Waals surface area contributed by atoms with Crippen LogP contribution in [0.2, 0.25) is 0 Å². The van der Waals surface area contributed by atoms with Gasteiger partial charge in [0.15, 0.2) is 0 Å². The molecule has 0 amide bonds. The lowest BCUT2D eigenvalue weighted by molar-refractivity contribution is 0.464. The summed E-state index contributed by atoms with van der Waals surface area (Å²) in [4.78, 5) is -0.468. The molecular formula is C14H12F3NO2S. The first kappa shape index (κ1) is 15.5. The van der Waals surface area contributed by atoms with E-state index in [4.69, 9.17) is 0 Å². The van der Waals surface area contributed by atoms with Gasteiger partial charge in [-0.2, -0.15) is 4.31 Å². The highest BCUT2D eigenvalue weighted by Gasteiger charge is 2.22. The second-order valence-corrected chi connectivity index (χ2v) is 6.54. The second kappa shape index (κ2) is 5.87. The van der Waals surface area contributed by atoms with Gasteiger partial charge >= 0.3 is 0 Å². The van der Waals surface area contributed by atoms with Crippen LogP contribution in [0, 0.1) is 17.5 Å². The predicted octanol–water partition coefficient (Wildman–Crippen LogP) is 2.92. The molecule has 7 heteroatoms. The molecule has 112 valence electrons. The van der Waals surface area contributed by atoms with Crippen LogP contribution >= 0.6 is 0 Å². The summed E-state index contributed by atoms with van der Waals surface area (Å²) in [7, 11) is -2.75. The van der Waals surface area contributed by atoms with Gasteiger partial charge in [0.2, 0.25) is 10.0 Å². The minimum Gasteiger partial charge on any atom is -0.207 e. The molecule has 0 spiro atoms. The van der Waals surface area contributed by atoms with Gasteiger partial charge in [-0.15, -0.1) is 0 Å². The molecule has 0 fully saturated rings. The fraction of sp³-hybridized carbons (Fsp3) is 0.143. The molecule has 2 rings (SSSR count). The van der Waals surface area contributed by atoms with Crippen molar-refractivity contribution in [2.75, 3.05) is 7.05 Å². The quantitative estimate of drug-likeness (QED) is 0.870. The first-order valence-corrected chi connectivity index (χ1v) is 7.40. The van der Waals surface area contributed by atoms with E-state index in [1.807, 2.05) is 0 Å². The van der Waals surface area contributed by atoms with Gasteiger partial charge in [-0.25, -0.2) is 21.6 Å². The predicted molar refractivity (Wildman–Crippen MR) is 71.4 cm³/mol. The largest absolute Gasteiger partial charge is 0.243 e. The van der Waals surface area contributed by atoms with Crippen LogP contribution in [0.5, 0.6) is 0 Å². The lowest BCUT2D eigenvalue weighted by Crippen LogP contribution is -2.26. The van der Waals surface area contributed by atoms with E-state index < -0.39 is 32.4 Å². The molecule has 2 aromatic carbocycles. The summed E-state index contributed by atoms with van der Waals surface area (Å²) >= 11 is 0.